The number of imidazole rings is 1. The second-order valence-corrected chi connectivity index (χ2v) is 4.76. The number of nitrogens with one attached hydrogen (secondary N) is 1. The number of ether oxygens (including phenoxy) is 1. The van der Waals surface area contributed by atoms with Crippen LogP contribution in [-0.4, -0.2) is 29.2 Å². The highest BCUT2D eigenvalue weighted by molar-refractivity contribution is 5.10. The van der Waals surface area contributed by atoms with Crippen LogP contribution >= 0.6 is 0 Å². The normalized spacial score (nSPS) is 33.9. The predicted octanol–water partition coefficient (Wildman–Crippen LogP) is 1.51. The van der Waals surface area contributed by atoms with Gasteiger partial charge in [0.1, 0.15) is 6.10 Å². The zero-order valence-electron chi connectivity index (χ0n) is 9.72. The van der Waals surface area contributed by atoms with E-state index in [4.69, 9.17) is 4.74 Å². The summed E-state index contributed by atoms with van der Waals surface area (Å²) >= 11 is 0. The van der Waals surface area contributed by atoms with Gasteiger partial charge in [-0.3, -0.25) is 0 Å². The molecule has 0 radical (unpaired) electrons. The molecule has 0 aromatic carbocycles. The zero-order valence-corrected chi connectivity index (χ0v) is 9.72. The molecule has 1 aromatic rings. The fourth-order valence-electron chi connectivity index (χ4n) is 2.61. The highest BCUT2D eigenvalue weighted by Gasteiger charge is 2.38. The van der Waals surface area contributed by atoms with Gasteiger partial charge in [-0.25, -0.2) is 4.98 Å². The smallest absolute Gasteiger partial charge is 0.111 e. The van der Waals surface area contributed by atoms with E-state index >= 15 is 0 Å². The van der Waals surface area contributed by atoms with Crippen molar-refractivity contribution >= 4 is 0 Å². The third-order valence-corrected chi connectivity index (χ3v) is 3.72. The fourth-order valence-corrected chi connectivity index (χ4v) is 2.61. The van der Waals surface area contributed by atoms with Crippen LogP contribution in [0.5, 0.6) is 0 Å². The van der Waals surface area contributed by atoms with Gasteiger partial charge in [0.25, 0.3) is 0 Å². The average molecular weight is 221 g/mol. The molecule has 1 aliphatic heterocycles. The van der Waals surface area contributed by atoms with E-state index in [9.17, 15) is 0 Å². The van der Waals surface area contributed by atoms with Crippen molar-refractivity contribution in [3.8, 4) is 0 Å². The topological polar surface area (TPSA) is 39.1 Å². The maximum atomic E-state index is 5.79. The van der Waals surface area contributed by atoms with E-state index in [0.29, 0.717) is 6.04 Å². The van der Waals surface area contributed by atoms with Crippen molar-refractivity contribution in [1.29, 1.82) is 0 Å². The first-order valence-electron chi connectivity index (χ1n) is 6.24. The van der Waals surface area contributed by atoms with Crippen molar-refractivity contribution in [2.45, 2.75) is 31.9 Å². The van der Waals surface area contributed by atoms with Crippen molar-refractivity contribution < 1.29 is 4.74 Å². The van der Waals surface area contributed by atoms with E-state index in [2.05, 4.69) is 21.8 Å². The second-order valence-electron chi connectivity index (χ2n) is 4.76. The molecule has 3 unspecified atom stereocenters. The first kappa shape index (κ1) is 10.3. The Morgan fingerprint density at radius 2 is 2.56 bits per heavy atom. The molecule has 0 spiro atoms. The summed E-state index contributed by atoms with van der Waals surface area (Å²) in [5.41, 5.74) is 1.24. The lowest BCUT2D eigenvalue weighted by atomic mass is 10.2. The molecule has 3 atom stereocenters. The van der Waals surface area contributed by atoms with Crippen LogP contribution in [-0.2, 0) is 4.74 Å². The Morgan fingerprint density at radius 3 is 3.25 bits per heavy atom. The molecule has 1 saturated carbocycles. The minimum atomic E-state index is 0.189. The number of hydrogen-bond acceptors (Lipinski definition) is 3. The van der Waals surface area contributed by atoms with Crippen molar-refractivity contribution in [3.63, 3.8) is 0 Å². The number of aromatic nitrogens is 2. The van der Waals surface area contributed by atoms with Crippen LogP contribution in [0.25, 0.3) is 0 Å². The van der Waals surface area contributed by atoms with Crippen molar-refractivity contribution in [2.75, 3.05) is 19.7 Å². The summed E-state index contributed by atoms with van der Waals surface area (Å²) in [6.45, 7) is 4.94. The monoisotopic (exact) mass is 221 g/mol. The Labute approximate surface area is 96.0 Å². The summed E-state index contributed by atoms with van der Waals surface area (Å²) in [5, 5.41) is 3.37. The largest absolute Gasteiger partial charge is 0.369 e. The SMILES string of the molecule is CCC1CC1n1cncc1C1CNCCO1. The highest BCUT2D eigenvalue weighted by atomic mass is 16.5. The van der Waals surface area contributed by atoms with Gasteiger partial charge in [-0.15, -0.1) is 0 Å². The summed E-state index contributed by atoms with van der Waals surface area (Å²) < 4.78 is 8.11. The highest BCUT2D eigenvalue weighted by Crippen LogP contribution is 2.46. The van der Waals surface area contributed by atoms with Gasteiger partial charge < -0.3 is 14.6 Å². The summed E-state index contributed by atoms with van der Waals surface area (Å²) in [4.78, 5) is 4.28. The Hall–Kier alpha value is -0.870. The van der Waals surface area contributed by atoms with E-state index in [0.717, 1.165) is 25.6 Å². The van der Waals surface area contributed by atoms with Crippen LogP contribution < -0.4 is 5.32 Å². The fraction of sp³-hybridized carbons (Fsp3) is 0.750. The van der Waals surface area contributed by atoms with E-state index in [-0.39, 0.29) is 6.10 Å². The molecule has 1 N–H and O–H groups in total. The van der Waals surface area contributed by atoms with E-state index < -0.39 is 0 Å². The van der Waals surface area contributed by atoms with Crippen molar-refractivity contribution in [1.82, 2.24) is 14.9 Å². The molecule has 0 amide bonds. The third-order valence-electron chi connectivity index (χ3n) is 3.72. The molecular weight excluding hydrogens is 202 g/mol. The molecule has 16 heavy (non-hydrogen) atoms. The van der Waals surface area contributed by atoms with Gasteiger partial charge in [0.05, 0.1) is 24.8 Å². The molecule has 4 nitrogen and oxygen atoms in total. The van der Waals surface area contributed by atoms with Gasteiger partial charge in [0, 0.05) is 19.1 Å². The summed E-state index contributed by atoms with van der Waals surface area (Å²) in [7, 11) is 0. The van der Waals surface area contributed by atoms with Gasteiger partial charge in [-0.1, -0.05) is 13.3 Å². The molecule has 2 aliphatic rings. The zero-order chi connectivity index (χ0) is 11.0. The second kappa shape index (κ2) is 4.18. The lowest BCUT2D eigenvalue weighted by molar-refractivity contribution is 0.0226. The molecule has 88 valence electrons. The standard InChI is InChI=1S/C12H19N3O/c1-2-9-5-10(9)15-8-14-6-11(15)12-7-13-3-4-16-12/h6,8-10,12-13H,2-5,7H2,1H3. The number of rotatable bonds is 3. The molecule has 1 aliphatic carbocycles. The van der Waals surface area contributed by atoms with Gasteiger partial charge in [0.15, 0.2) is 0 Å². The van der Waals surface area contributed by atoms with Gasteiger partial charge in [-0.2, -0.15) is 0 Å². The van der Waals surface area contributed by atoms with Crippen LogP contribution in [0, 0.1) is 5.92 Å². The number of hydrogen-bond donors (Lipinski definition) is 1. The third kappa shape index (κ3) is 1.76. The quantitative estimate of drug-likeness (QED) is 0.841. The summed E-state index contributed by atoms with van der Waals surface area (Å²) in [5.74, 6) is 0.851. The number of morpholine rings is 1. The molecule has 2 fully saturated rings. The van der Waals surface area contributed by atoms with Crippen LogP contribution in [0.1, 0.15) is 37.6 Å². The van der Waals surface area contributed by atoms with Gasteiger partial charge >= 0.3 is 0 Å². The molecule has 0 bridgehead atoms. The van der Waals surface area contributed by atoms with E-state index in [1.807, 2.05) is 12.5 Å². The van der Waals surface area contributed by atoms with Crippen LogP contribution in [0.15, 0.2) is 12.5 Å². The number of nitrogens with zero attached hydrogens (tertiary/aromatic N) is 2. The van der Waals surface area contributed by atoms with Crippen molar-refractivity contribution in [3.05, 3.63) is 18.2 Å². The van der Waals surface area contributed by atoms with Crippen LogP contribution in [0.4, 0.5) is 0 Å². The average Bonchev–Trinajstić information content (AvgIpc) is 2.97. The Morgan fingerprint density at radius 1 is 1.62 bits per heavy atom. The molecule has 1 saturated heterocycles. The van der Waals surface area contributed by atoms with Crippen LogP contribution in [0.3, 0.4) is 0 Å². The van der Waals surface area contributed by atoms with Gasteiger partial charge in [-0.05, 0) is 12.3 Å². The van der Waals surface area contributed by atoms with Crippen LogP contribution in [0.2, 0.25) is 0 Å². The van der Waals surface area contributed by atoms with Gasteiger partial charge in [0.2, 0.25) is 0 Å². The minimum absolute atomic E-state index is 0.189. The van der Waals surface area contributed by atoms with E-state index in [1.165, 1.54) is 18.5 Å². The first-order chi connectivity index (χ1) is 7.90. The Balaban J connectivity index is 1.77. The maximum Gasteiger partial charge on any atom is 0.111 e. The molecular formula is C12H19N3O. The molecule has 4 heteroatoms. The predicted molar refractivity (Wildman–Crippen MR) is 61.2 cm³/mol. The molecule has 2 heterocycles. The Kier molecular flexibility index (Phi) is 2.69. The lowest BCUT2D eigenvalue weighted by Crippen LogP contribution is -2.34. The summed E-state index contributed by atoms with van der Waals surface area (Å²) in [6.07, 6.45) is 6.69. The summed E-state index contributed by atoms with van der Waals surface area (Å²) in [6, 6.07) is 0.674. The lowest BCUT2D eigenvalue weighted by Gasteiger charge is -2.24. The molecule has 3 rings (SSSR count). The van der Waals surface area contributed by atoms with Crippen molar-refractivity contribution in [2.24, 2.45) is 5.92 Å². The van der Waals surface area contributed by atoms with E-state index in [1.54, 1.807) is 0 Å². The Bertz CT molecular complexity index is 357. The maximum absolute atomic E-state index is 5.79. The first-order valence-corrected chi connectivity index (χ1v) is 6.24. The minimum Gasteiger partial charge on any atom is -0.369 e. The molecule has 1 aromatic heterocycles.